The van der Waals surface area contributed by atoms with Crippen LogP contribution in [0.3, 0.4) is 0 Å². The van der Waals surface area contributed by atoms with Crippen LogP contribution in [0.4, 0.5) is 0 Å². The summed E-state index contributed by atoms with van der Waals surface area (Å²) in [6, 6.07) is 17.5. The fourth-order valence-electron chi connectivity index (χ4n) is 4.26. The number of carbonyl (C=O) groups excluding carboxylic acids is 1. The molecule has 2 aliphatic rings. The molecule has 0 bridgehead atoms. The van der Waals surface area contributed by atoms with Crippen LogP contribution in [0.25, 0.3) is 11.3 Å². The number of amides is 1. The highest BCUT2D eigenvalue weighted by atomic mass is 16.5. The van der Waals surface area contributed by atoms with E-state index in [0.717, 1.165) is 66.6 Å². The molecular weight excluding hydrogens is 378 g/mol. The molecule has 6 nitrogen and oxygen atoms in total. The van der Waals surface area contributed by atoms with Crippen molar-refractivity contribution in [2.75, 3.05) is 19.8 Å². The van der Waals surface area contributed by atoms with Crippen molar-refractivity contribution in [2.24, 2.45) is 5.92 Å². The van der Waals surface area contributed by atoms with Crippen LogP contribution in [0.15, 0.2) is 54.6 Å². The SMILES string of the molecule is O=C1Cc2c(-c3ccccc3Oc3ccccc3)n[nH]c2CN1CC1CCOCC1. The molecule has 0 aliphatic carbocycles. The lowest BCUT2D eigenvalue weighted by Gasteiger charge is -2.32. The molecule has 5 rings (SSSR count). The molecule has 1 aromatic heterocycles. The zero-order valence-electron chi connectivity index (χ0n) is 16.8. The van der Waals surface area contributed by atoms with E-state index in [1.165, 1.54) is 0 Å². The van der Waals surface area contributed by atoms with Crippen molar-refractivity contribution in [3.63, 3.8) is 0 Å². The van der Waals surface area contributed by atoms with Crippen molar-refractivity contribution in [1.29, 1.82) is 0 Å². The Morgan fingerprint density at radius 3 is 2.67 bits per heavy atom. The minimum Gasteiger partial charge on any atom is -0.457 e. The number of nitrogens with zero attached hydrogens (tertiary/aromatic N) is 2. The van der Waals surface area contributed by atoms with Crippen LogP contribution in [-0.2, 0) is 22.5 Å². The van der Waals surface area contributed by atoms with Gasteiger partial charge in [-0.15, -0.1) is 0 Å². The third kappa shape index (κ3) is 3.83. The number of benzene rings is 2. The average Bonchev–Trinajstić information content (AvgIpc) is 3.18. The molecule has 30 heavy (non-hydrogen) atoms. The number of rotatable bonds is 5. The summed E-state index contributed by atoms with van der Waals surface area (Å²) in [5, 5.41) is 7.76. The fourth-order valence-corrected chi connectivity index (χ4v) is 4.26. The molecule has 6 heteroatoms. The highest BCUT2D eigenvalue weighted by Gasteiger charge is 2.30. The highest BCUT2D eigenvalue weighted by Crippen LogP contribution is 2.36. The molecule has 1 amide bonds. The Morgan fingerprint density at radius 1 is 1.07 bits per heavy atom. The first kappa shape index (κ1) is 18.9. The highest BCUT2D eigenvalue weighted by molar-refractivity contribution is 5.84. The van der Waals surface area contributed by atoms with Crippen LogP contribution in [0, 0.1) is 5.92 Å². The summed E-state index contributed by atoms with van der Waals surface area (Å²) < 4.78 is 11.6. The van der Waals surface area contributed by atoms with Crippen molar-refractivity contribution < 1.29 is 14.3 Å². The first-order valence-electron chi connectivity index (χ1n) is 10.5. The number of carbonyl (C=O) groups is 1. The number of H-pyrrole nitrogens is 1. The number of hydrogen-bond donors (Lipinski definition) is 1. The van der Waals surface area contributed by atoms with E-state index in [1.54, 1.807) is 0 Å². The molecule has 0 unspecified atom stereocenters. The Hall–Kier alpha value is -3.12. The molecule has 1 saturated heterocycles. The van der Waals surface area contributed by atoms with Gasteiger partial charge in [-0.1, -0.05) is 30.3 Å². The summed E-state index contributed by atoms with van der Waals surface area (Å²) in [6.45, 7) is 2.97. The van der Waals surface area contributed by atoms with Crippen LogP contribution in [0.5, 0.6) is 11.5 Å². The standard InChI is InChI=1S/C24H25N3O3/c28-23-14-20-21(16-27(23)15-17-10-12-29-13-11-17)25-26-24(20)19-8-4-5-9-22(19)30-18-6-2-1-3-7-18/h1-9,17H,10-16H2,(H,25,26). The number of fused-ring (bicyclic) bond motifs is 1. The van der Waals surface area contributed by atoms with Crippen LogP contribution >= 0.6 is 0 Å². The summed E-state index contributed by atoms with van der Waals surface area (Å²) >= 11 is 0. The van der Waals surface area contributed by atoms with Gasteiger partial charge in [-0.25, -0.2) is 0 Å². The van der Waals surface area contributed by atoms with E-state index in [-0.39, 0.29) is 5.91 Å². The van der Waals surface area contributed by atoms with Gasteiger partial charge in [-0.05, 0) is 43.0 Å². The van der Waals surface area contributed by atoms with Crippen LogP contribution in [-0.4, -0.2) is 40.8 Å². The monoisotopic (exact) mass is 403 g/mol. The number of aromatic nitrogens is 2. The van der Waals surface area contributed by atoms with Crippen LogP contribution in [0.2, 0.25) is 0 Å². The maximum absolute atomic E-state index is 12.9. The summed E-state index contributed by atoms with van der Waals surface area (Å²) in [6.07, 6.45) is 2.41. The molecule has 2 aliphatic heterocycles. The molecule has 154 valence electrons. The zero-order chi connectivity index (χ0) is 20.3. The van der Waals surface area contributed by atoms with E-state index in [1.807, 2.05) is 59.5 Å². The predicted octanol–water partition coefficient (Wildman–Crippen LogP) is 4.18. The normalized spacial score (nSPS) is 17.1. The van der Waals surface area contributed by atoms with Crippen LogP contribution in [0.1, 0.15) is 24.1 Å². The molecule has 1 fully saturated rings. The molecule has 3 heterocycles. The van der Waals surface area contributed by atoms with Gasteiger partial charge in [0.2, 0.25) is 5.91 Å². The second-order valence-electron chi connectivity index (χ2n) is 7.95. The maximum atomic E-state index is 12.9. The smallest absolute Gasteiger partial charge is 0.227 e. The van der Waals surface area contributed by atoms with Gasteiger partial charge in [0.05, 0.1) is 24.4 Å². The summed E-state index contributed by atoms with van der Waals surface area (Å²) in [5.41, 5.74) is 3.69. The van der Waals surface area contributed by atoms with E-state index < -0.39 is 0 Å². The maximum Gasteiger partial charge on any atom is 0.227 e. The average molecular weight is 403 g/mol. The molecule has 3 aromatic rings. The topological polar surface area (TPSA) is 67.5 Å². The molecular formula is C24H25N3O3. The number of aromatic amines is 1. The van der Waals surface area contributed by atoms with Gasteiger partial charge in [0.15, 0.2) is 0 Å². The van der Waals surface area contributed by atoms with E-state index in [2.05, 4.69) is 10.2 Å². The summed E-state index contributed by atoms with van der Waals surface area (Å²) in [7, 11) is 0. The first-order chi connectivity index (χ1) is 14.8. The van der Waals surface area contributed by atoms with E-state index in [4.69, 9.17) is 9.47 Å². The van der Waals surface area contributed by atoms with E-state index in [9.17, 15) is 4.79 Å². The number of hydrogen-bond acceptors (Lipinski definition) is 4. The van der Waals surface area contributed by atoms with Crippen molar-refractivity contribution in [3.8, 4) is 22.8 Å². The lowest BCUT2D eigenvalue weighted by atomic mass is 9.96. The second-order valence-corrected chi connectivity index (χ2v) is 7.95. The third-order valence-corrected chi connectivity index (χ3v) is 5.92. The molecule has 0 spiro atoms. The largest absolute Gasteiger partial charge is 0.457 e. The minimum absolute atomic E-state index is 0.165. The lowest BCUT2D eigenvalue weighted by molar-refractivity contribution is -0.133. The quantitative estimate of drug-likeness (QED) is 0.694. The number of para-hydroxylation sites is 2. The summed E-state index contributed by atoms with van der Waals surface area (Å²) in [4.78, 5) is 14.9. The van der Waals surface area contributed by atoms with Crippen molar-refractivity contribution >= 4 is 5.91 Å². The third-order valence-electron chi connectivity index (χ3n) is 5.92. The van der Waals surface area contributed by atoms with Gasteiger partial charge < -0.3 is 14.4 Å². The molecule has 0 radical (unpaired) electrons. The molecule has 0 atom stereocenters. The van der Waals surface area contributed by atoms with Crippen molar-refractivity contribution in [3.05, 3.63) is 65.9 Å². The minimum atomic E-state index is 0.165. The van der Waals surface area contributed by atoms with Gasteiger partial charge in [0.1, 0.15) is 11.5 Å². The fraction of sp³-hybridized carbons (Fsp3) is 0.333. The van der Waals surface area contributed by atoms with Gasteiger partial charge >= 0.3 is 0 Å². The Kier molecular flexibility index (Phi) is 5.24. The molecule has 2 aromatic carbocycles. The Balaban J connectivity index is 1.39. The Labute approximate surface area is 175 Å². The zero-order valence-corrected chi connectivity index (χ0v) is 16.8. The van der Waals surface area contributed by atoms with Crippen molar-refractivity contribution in [2.45, 2.75) is 25.8 Å². The van der Waals surface area contributed by atoms with E-state index >= 15 is 0 Å². The molecule has 0 saturated carbocycles. The number of nitrogens with one attached hydrogen (secondary N) is 1. The van der Waals surface area contributed by atoms with Gasteiger partial charge in [-0.2, -0.15) is 5.10 Å². The lowest BCUT2D eigenvalue weighted by Crippen LogP contribution is -2.40. The van der Waals surface area contributed by atoms with Gasteiger partial charge in [-0.3, -0.25) is 9.89 Å². The first-order valence-corrected chi connectivity index (χ1v) is 10.5. The van der Waals surface area contributed by atoms with E-state index in [0.29, 0.717) is 18.9 Å². The van der Waals surface area contributed by atoms with Gasteiger partial charge in [0.25, 0.3) is 0 Å². The van der Waals surface area contributed by atoms with Crippen molar-refractivity contribution in [1.82, 2.24) is 15.1 Å². The van der Waals surface area contributed by atoms with Crippen LogP contribution < -0.4 is 4.74 Å². The van der Waals surface area contributed by atoms with Gasteiger partial charge in [0, 0.05) is 30.9 Å². The molecule has 1 N–H and O–H groups in total. The summed E-state index contributed by atoms with van der Waals surface area (Å²) in [5.74, 6) is 2.19. The second kappa shape index (κ2) is 8.32. The predicted molar refractivity (Wildman–Crippen MR) is 113 cm³/mol. The Morgan fingerprint density at radius 2 is 1.83 bits per heavy atom. The number of ether oxygens (including phenoxy) is 2. The Bertz CT molecular complexity index is 1030.